The molecule has 1 aliphatic carbocycles. The first kappa shape index (κ1) is 25.9. The van der Waals surface area contributed by atoms with Crippen molar-refractivity contribution in [3.05, 3.63) is 66.2 Å². The minimum absolute atomic E-state index is 0.0581. The first-order chi connectivity index (χ1) is 16.1. The van der Waals surface area contributed by atoms with Crippen molar-refractivity contribution in [2.45, 2.75) is 50.5 Å². The van der Waals surface area contributed by atoms with E-state index in [0.717, 1.165) is 5.56 Å². The third kappa shape index (κ3) is 6.65. The third-order valence-corrected chi connectivity index (χ3v) is 5.84. The summed E-state index contributed by atoms with van der Waals surface area (Å²) in [6.07, 6.45) is -8.41. The lowest BCUT2D eigenvalue weighted by Crippen LogP contribution is -2.53. The summed E-state index contributed by atoms with van der Waals surface area (Å²) in [4.78, 5) is 12.4. The van der Waals surface area contributed by atoms with Crippen molar-refractivity contribution in [1.29, 1.82) is 0 Å². The highest BCUT2D eigenvalue weighted by Gasteiger charge is 2.66. The Hall–Kier alpha value is -2.75. The first-order valence-electron chi connectivity index (χ1n) is 10.7. The smallest absolute Gasteiger partial charge is 0.457 e. The number of thiocarbonyl (C=S) groups is 1. The highest BCUT2D eigenvalue weighted by molar-refractivity contribution is 7.79. The number of hydrogen-bond donors (Lipinski definition) is 0. The lowest BCUT2D eigenvalue weighted by Gasteiger charge is -2.37. The fourth-order valence-corrected chi connectivity index (χ4v) is 4.04. The van der Waals surface area contributed by atoms with Crippen LogP contribution in [0.25, 0.3) is 0 Å². The van der Waals surface area contributed by atoms with E-state index in [1.807, 2.05) is 6.07 Å². The fraction of sp³-hybridized carbons (Fsp3) is 0.417. The molecule has 0 saturated heterocycles. The van der Waals surface area contributed by atoms with Crippen molar-refractivity contribution in [1.82, 2.24) is 0 Å². The van der Waals surface area contributed by atoms with Crippen LogP contribution in [0, 0.1) is 11.8 Å². The summed E-state index contributed by atoms with van der Waals surface area (Å²) < 4.78 is 83.7. The number of rotatable bonds is 7. The van der Waals surface area contributed by atoms with Gasteiger partial charge in [0.15, 0.2) is 6.10 Å². The van der Waals surface area contributed by atoms with Gasteiger partial charge in [-0.25, -0.2) is 0 Å². The zero-order valence-electron chi connectivity index (χ0n) is 18.0. The lowest BCUT2D eigenvalue weighted by molar-refractivity contribution is -0.319. The molecule has 10 heteroatoms. The summed E-state index contributed by atoms with van der Waals surface area (Å²) in [5.74, 6) is -7.31. The third-order valence-electron chi connectivity index (χ3n) is 5.66. The summed E-state index contributed by atoms with van der Waals surface area (Å²) in [5.41, 5.74) is 0.787. The van der Waals surface area contributed by atoms with E-state index in [1.165, 1.54) is 12.1 Å². The van der Waals surface area contributed by atoms with E-state index in [0.29, 0.717) is 0 Å². The molecule has 1 atom stereocenters. The summed E-state index contributed by atoms with van der Waals surface area (Å²) in [7, 11) is 0. The Morgan fingerprint density at radius 1 is 0.912 bits per heavy atom. The van der Waals surface area contributed by atoms with Gasteiger partial charge < -0.3 is 14.2 Å². The zero-order valence-corrected chi connectivity index (χ0v) is 18.8. The van der Waals surface area contributed by atoms with Gasteiger partial charge in [-0.3, -0.25) is 4.79 Å². The molecule has 3 rings (SSSR count). The molecule has 1 aliphatic rings. The van der Waals surface area contributed by atoms with Crippen LogP contribution in [-0.4, -0.2) is 29.4 Å². The Balaban J connectivity index is 1.62. The van der Waals surface area contributed by atoms with E-state index >= 15 is 0 Å². The lowest BCUT2D eigenvalue weighted by atomic mass is 9.77. The van der Waals surface area contributed by atoms with Crippen molar-refractivity contribution in [2.75, 3.05) is 0 Å². The molecule has 0 aromatic heterocycles. The molecule has 0 spiro atoms. The predicted molar refractivity (Wildman–Crippen MR) is 117 cm³/mol. The van der Waals surface area contributed by atoms with Crippen molar-refractivity contribution in [3.63, 3.8) is 0 Å². The van der Waals surface area contributed by atoms with Crippen LogP contribution in [-0.2, 0) is 20.9 Å². The van der Waals surface area contributed by atoms with Gasteiger partial charge in [-0.2, -0.15) is 22.0 Å². The molecular formula is C24H23F5O4S. The fourth-order valence-electron chi connectivity index (χ4n) is 3.84. The predicted octanol–water partition coefficient (Wildman–Crippen LogP) is 6.48. The monoisotopic (exact) mass is 502 g/mol. The van der Waals surface area contributed by atoms with Crippen molar-refractivity contribution in [2.24, 2.45) is 11.8 Å². The van der Waals surface area contributed by atoms with Crippen molar-refractivity contribution < 1.29 is 41.0 Å². The second-order valence-corrected chi connectivity index (χ2v) is 8.36. The number of alkyl halides is 5. The van der Waals surface area contributed by atoms with Gasteiger partial charge in [0.05, 0.1) is 5.92 Å². The molecule has 184 valence electrons. The van der Waals surface area contributed by atoms with E-state index in [4.69, 9.17) is 26.4 Å². The minimum atomic E-state index is -5.84. The number of ether oxygens (including phenoxy) is 3. The molecule has 1 unspecified atom stereocenters. The summed E-state index contributed by atoms with van der Waals surface area (Å²) in [5, 5.41) is -0.829. The van der Waals surface area contributed by atoms with Crippen molar-refractivity contribution in [3.8, 4) is 5.75 Å². The normalized spacial score (nSPS) is 19.7. The maximum absolute atomic E-state index is 14.4. The second-order valence-electron chi connectivity index (χ2n) is 8.03. The average Bonchev–Trinajstić information content (AvgIpc) is 2.81. The van der Waals surface area contributed by atoms with Crippen LogP contribution < -0.4 is 4.74 Å². The highest BCUT2D eigenvalue weighted by atomic mass is 32.1. The SMILES string of the molecule is O=C(OCc1ccccc1)C1CCC(C(OC(=S)Oc2ccccc2)C(F)(F)C(F)(F)F)CC1. The molecule has 4 nitrogen and oxygen atoms in total. The molecule has 2 aromatic rings. The maximum atomic E-state index is 14.4. The molecule has 2 aromatic carbocycles. The topological polar surface area (TPSA) is 44.8 Å². The van der Waals surface area contributed by atoms with E-state index in [1.54, 1.807) is 42.5 Å². The summed E-state index contributed by atoms with van der Waals surface area (Å²) in [6, 6.07) is 16.7. The Morgan fingerprint density at radius 2 is 1.47 bits per heavy atom. The number of esters is 1. The van der Waals surface area contributed by atoms with Gasteiger partial charge in [0.25, 0.3) is 0 Å². The van der Waals surface area contributed by atoms with E-state index in [2.05, 4.69) is 0 Å². The van der Waals surface area contributed by atoms with Crippen LogP contribution in [0.1, 0.15) is 31.2 Å². The number of para-hydroxylation sites is 1. The van der Waals surface area contributed by atoms with Gasteiger partial charge in [0.1, 0.15) is 12.4 Å². The largest absolute Gasteiger partial charge is 0.461 e. The quantitative estimate of drug-likeness (QED) is 0.246. The molecule has 0 amide bonds. The van der Waals surface area contributed by atoms with E-state index in [-0.39, 0.29) is 38.0 Å². The Labute approximate surface area is 199 Å². The van der Waals surface area contributed by atoms with Crippen LogP contribution in [0.15, 0.2) is 60.7 Å². The number of hydrogen-bond acceptors (Lipinski definition) is 5. The van der Waals surface area contributed by atoms with Crippen LogP contribution >= 0.6 is 12.2 Å². The van der Waals surface area contributed by atoms with Gasteiger partial charge >= 0.3 is 23.3 Å². The van der Waals surface area contributed by atoms with Gasteiger partial charge in [-0.15, -0.1) is 0 Å². The standard InChI is InChI=1S/C24H23F5O4S/c25-23(26,24(27,28)29)20(33-22(34)32-19-9-5-2-6-10-19)17-11-13-18(14-12-17)21(30)31-15-16-7-3-1-4-8-16/h1-10,17-18,20H,11-15H2. The van der Waals surface area contributed by atoms with E-state index in [9.17, 15) is 26.7 Å². The molecule has 0 radical (unpaired) electrons. The molecule has 0 N–H and O–H groups in total. The number of carbonyl (C=O) groups excluding carboxylic acids is 1. The Morgan fingerprint density at radius 3 is 2.03 bits per heavy atom. The number of benzene rings is 2. The second kappa shape index (κ2) is 11.1. The first-order valence-corrected chi connectivity index (χ1v) is 11.1. The molecule has 0 aliphatic heterocycles. The van der Waals surface area contributed by atoms with Crippen LogP contribution in [0.3, 0.4) is 0 Å². The van der Waals surface area contributed by atoms with Gasteiger partial charge in [-0.1, -0.05) is 48.5 Å². The van der Waals surface area contributed by atoms with Gasteiger partial charge in [0.2, 0.25) is 0 Å². The molecule has 34 heavy (non-hydrogen) atoms. The molecule has 0 heterocycles. The van der Waals surface area contributed by atoms with E-state index < -0.39 is 41.2 Å². The highest BCUT2D eigenvalue weighted by Crippen LogP contribution is 2.46. The maximum Gasteiger partial charge on any atom is 0.457 e. The number of carbonyl (C=O) groups is 1. The number of halogens is 5. The summed E-state index contributed by atoms with van der Waals surface area (Å²) >= 11 is 4.80. The Kier molecular flexibility index (Phi) is 8.46. The summed E-state index contributed by atoms with van der Waals surface area (Å²) in [6.45, 7) is 0.0581. The van der Waals surface area contributed by atoms with Gasteiger partial charge in [0, 0.05) is 18.1 Å². The Bertz CT molecular complexity index is 945. The van der Waals surface area contributed by atoms with Gasteiger partial charge in [-0.05, 0) is 43.4 Å². The molecule has 0 bridgehead atoms. The van der Waals surface area contributed by atoms with Crippen molar-refractivity contribution >= 4 is 23.4 Å². The minimum Gasteiger partial charge on any atom is -0.461 e. The van der Waals surface area contributed by atoms with Crippen LogP contribution in [0.4, 0.5) is 22.0 Å². The van der Waals surface area contributed by atoms with Crippen LogP contribution in [0.2, 0.25) is 0 Å². The molecular weight excluding hydrogens is 479 g/mol. The molecule has 1 fully saturated rings. The molecule has 1 saturated carbocycles. The van der Waals surface area contributed by atoms with Crippen LogP contribution in [0.5, 0.6) is 5.75 Å². The average molecular weight is 503 g/mol. The zero-order chi connectivity index (χ0) is 24.8.